The van der Waals surface area contributed by atoms with Crippen LogP contribution in [0, 0.1) is 28.1 Å². The maximum atomic E-state index is 14.2. The number of rotatable bonds is 4. The third-order valence-electron chi connectivity index (χ3n) is 7.54. The van der Waals surface area contributed by atoms with E-state index in [1.807, 2.05) is 61.5 Å². The Hall–Kier alpha value is -1.97. The lowest BCUT2D eigenvalue weighted by Gasteiger charge is -2.61. The van der Waals surface area contributed by atoms with Gasteiger partial charge in [0.05, 0.1) is 11.0 Å². The van der Waals surface area contributed by atoms with Crippen molar-refractivity contribution in [2.24, 2.45) is 28.1 Å². The fraction of sp³-hybridized carbons (Fsp3) is 0.654. The average Bonchev–Trinajstić information content (AvgIpc) is 2.61. The van der Waals surface area contributed by atoms with E-state index in [2.05, 4.69) is 6.08 Å². The van der Waals surface area contributed by atoms with E-state index in [1.54, 1.807) is 13.0 Å². The molecule has 0 amide bonds. The lowest BCUT2D eigenvalue weighted by Crippen LogP contribution is -2.69. The van der Waals surface area contributed by atoms with Crippen molar-refractivity contribution in [3.8, 4) is 0 Å². The van der Waals surface area contributed by atoms with Gasteiger partial charge in [0.1, 0.15) is 11.4 Å². The smallest absolute Gasteiger partial charge is 0.179 e. The first-order valence-corrected chi connectivity index (χ1v) is 11.0. The molecule has 3 aliphatic rings. The Morgan fingerprint density at radius 2 is 1.77 bits per heavy atom. The summed E-state index contributed by atoms with van der Waals surface area (Å²) in [6, 6.07) is 0. The number of hydrogen-bond donors (Lipinski definition) is 0. The van der Waals surface area contributed by atoms with E-state index in [9.17, 15) is 14.4 Å². The predicted octanol–water partition coefficient (Wildman–Crippen LogP) is 5.38. The Bertz CT molecular complexity index is 907. The molecular formula is C26H36O4. The molecule has 0 saturated heterocycles. The molecule has 0 spiro atoms. The molecule has 2 bridgehead atoms. The predicted molar refractivity (Wildman–Crippen MR) is 118 cm³/mol. The van der Waals surface area contributed by atoms with E-state index < -0.39 is 21.8 Å². The van der Waals surface area contributed by atoms with Gasteiger partial charge in [0.15, 0.2) is 22.8 Å². The van der Waals surface area contributed by atoms with Crippen molar-refractivity contribution < 1.29 is 19.1 Å². The monoisotopic (exact) mass is 412 g/mol. The zero-order valence-corrected chi connectivity index (χ0v) is 19.9. The number of ether oxygens (including phenoxy) is 1. The molecule has 0 aromatic carbocycles. The van der Waals surface area contributed by atoms with Crippen molar-refractivity contribution in [1.29, 1.82) is 0 Å². The highest BCUT2D eigenvalue weighted by molar-refractivity contribution is 6.28. The van der Waals surface area contributed by atoms with Crippen molar-refractivity contribution in [3.05, 3.63) is 35.1 Å². The first-order valence-electron chi connectivity index (χ1n) is 11.0. The zero-order chi connectivity index (χ0) is 22.9. The Kier molecular flexibility index (Phi) is 5.12. The van der Waals surface area contributed by atoms with Crippen LogP contribution < -0.4 is 0 Å². The van der Waals surface area contributed by atoms with Gasteiger partial charge in [-0.3, -0.25) is 14.4 Å². The molecule has 4 heteroatoms. The molecule has 0 unspecified atom stereocenters. The molecule has 0 aromatic heterocycles. The van der Waals surface area contributed by atoms with Gasteiger partial charge < -0.3 is 4.74 Å². The molecular weight excluding hydrogens is 376 g/mol. The highest BCUT2D eigenvalue weighted by atomic mass is 16.5. The molecule has 30 heavy (non-hydrogen) atoms. The van der Waals surface area contributed by atoms with Crippen molar-refractivity contribution in [2.75, 3.05) is 0 Å². The summed E-state index contributed by atoms with van der Waals surface area (Å²) in [5, 5.41) is 0. The van der Waals surface area contributed by atoms with Crippen molar-refractivity contribution in [1.82, 2.24) is 0 Å². The van der Waals surface area contributed by atoms with Crippen LogP contribution in [0.2, 0.25) is 0 Å². The Balaban J connectivity index is 2.40. The van der Waals surface area contributed by atoms with Crippen LogP contribution in [0.3, 0.4) is 0 Å². The fourth-order valence-electron chi connectivity index (χ4n) is 5.64. The van der Waals surface area contributed by atoms with Gasteiger partial charge in [-0.15, -0.1) is 0 Å². The highest BCUT2D eigenvalue weighted by Gasteiger charge is 2.74. The number of fused-ring (bicyclic) bond motifs is 3. The van der Waals surface area contributed by atoms with Gasteiger partial charge >= 0.3 is 0 Å². The molecule has 0 aromatic rings. The highest BCUT2D eigenvalue weighted by Crippen LogP contribution is 2.66. The van der Waals surface area contributed by atoms with E-state index in [-0.39, 0.29) is 34.9 Å². The quantitative estimate of drug-likeness (QED) is 0.460. The molecule has 0 radical (unpaired) electrons. The summed E-state index contributed by atoms with van der Waals surface area (Å²) in [6.07, 6.45) is 6.95. The molecule has 1 fully saturated rings. The minimum absolute atomic E-state index is 0.00609. The third-order valence-corrected chi connectivity index (χ3v) is 7.54. The van der Waals surface area contributed by atoms with Gasteiger partial charge in [-0.2, -0.15) is 0 Å². The lowest BCUT2D eigenvalue weighted by molar-refractivity contribution is -0.178. The maximum Gasteiger partial charge on any atom is 0.179 e. The Morgan fingerprint density at radius 3 is 2.30 bits per heavy atom. The van der Waals surface area contributed by atoms with E-state index in [1.165, 1.54) is 5.57 Å². The van der Waals surface area contributed by atoms with Crippen molar-refractivity contribution >= 4 is 17.3 Å². The third kappa shape index (κ3) is 2.82. The SMILES string of the molecule is CC(C)=CC[C@@H]1C[C@]2(C)C(=O)C3=C(OC(C)(C)C=C3)[C@](C(=O)C(C)C)(C2=O)C1(C)C. The van der Waals surface area contributed by atoms with E-state index in [0.717, 1.165) is 6.42 Å². The fourth-order valence-corrected chi connectivity index (χ4v) is 5.64. The summed E-state index contributed by atoms with van der Waals surface area (Å²) in [5.74, 6) is -0.710. The van der Waals surface area contributed by atoms with E-state index in [0.29, 0.717) is 12.0 Å². The Morgan fingerprint density at radius 1 is 1.17 bits per heavy atom. The van der Waals surface area contributed by atoms with Crippen LogP contribution in [0.15, 0.2) is 35.1 Å². The largest absolute Gasteiger partial charge is 0.486 e. The van der Waals surface area contributed by atoms with Crippen LogP contribution in [0.25, 0.3) is 0 Å². The second-order valence-corrected chi connectivity index (χ2v) is 11.2. The molecule has 1 heterocycles. The summed E-state index contributed by atoms with van der Waals surface area (Å²) in [7, 11) is 0. The lowest BCUT2D eigenvalue weighted by atomic mass is 9.40. The summed E-state index contributed by atoms with van der Waals surface area (Å²) in [5.41, 5.74) is -2.47. The maximum absolute atomic E-state index is 14.2. The number of hydrogen-bond acceptors (Lipinski definition) is 4. The standard InChI is InChI=1S/C26H36O4/c1-15(2)10-11-17-14-25(9)20(28)18-12-13-23(5,6)30-21(18)26(22(25)29,24(17,7)8)19(27)16(3)4/h10,12-13,16-17H,11,14H2,1-9H3/t17-,25-,26-/m1/s1. The molecule has 1 aliphatic heterocycles. The van der Waals surface area contributed by atoms with Gasteiger partial charge in [-0.05, 0) is 70.9 Å². The molecule has 164 valence electrons. The second kappa shape index (κ2) is 6.77. The average molecular weight is 413 g/mol. The van der Waals surface area contributed by atoms with Crippen LogP contribution >= 0.6 is 0 Å². The minimum atomic E-state index is -1.46. The minimum Gasteiger partial charge on any atom is -0.486 e. The first kappa shape index (κ1) is 22.7. The van der Waals surface area contributed by atoms with E-state index >= 15 is 0 Å². The van der Waals surface area contributed by atoms with Crippen LogP contribution in [0.1, 0.15) is 75.2 Å². The first-order chi connectivity index (χ1) is 13.6. The summed E-state index contributed by atoms with van der Waals surface area (Å²) >= 11 is 0. The Labute approximate surface area is 180 Å². The van der Waals surface area contributed by atoms with Crippen LogP contribution in [-0.2, 0) is 19.1 Å². The summed E-state index contributed by atoms with van der Waals surface area (Å²) in [4.78, 5) is 41.8. The molecule has 1 saturated carbocycles. The van der Waals surface area contributed by atoms with Crippen molar-refractivity contribution in [2.45, 2.75) is 80.8 Å². The van der Waals surface area contributed by atoms with Crippen LogP contribution in [0.4, 0.5) is 0 Å². The van der Waals surface area contributed by atoms with Crippen LogP contribution in [-0.4, -0.2) is 23.0 Å². The number of allylic oxidation sites excluding steroid dienone is 5. The normalized spacial score (nSPS) is 33.9. The molecule has 0 N–H and O–H groups in total. The van der Waals surface area contributed by atoms with Gasteiger partial charge in [0.25, 0.3) is 0 Å². The number of carbonyl (C=O) groups excluding carboxylic acids is 3. The van der Waals surface area contributed by atoms with Gasteiger partial charge in [0, 0.05) is 5.92 Å². The zero-order valence-electron chi connectivity index (χ0n) is 19.9. The van der Waals surface area contributed by atoms with Gasteiger partial charge in [-0.25, -0.2) is 0 Å². The number of carbonyl (C=O) groups is 3. The molecule has 3 rings (SSSR count). The number of ketones is 3. The summed E-state index contributed by atoms with van der Waals surface area (Å²) < 4.78 is 6.35. The summed E-state index contributed by atoms with van der Waals surface area (Å²) in [6.45, 7) is 17.3. The van der Waals surface area contributed by atoms with E-state index in [4.69, 9.17) is 4.74 Å². The molecule has 4 nitrogen and oxygen atoms in total. The second-order valence-electron chi connectivity index (χ2n) is 11.2. The van der Waals surface area contributed by atoms with Crippen LogP contribution in [0.5, 0.6) is 0 Å². The van der Waals surface area contributed by atoms with Gasteiger partial charge in [0.2, 0.25) is 0 Å². The number of Topliss-reactive ketones (excluding diaryl/α,β-unsaturated/α-hetero) is 3. The molecule has 2 aliphatic carbocycles. The van der Waals surface area contributed by atoms with Crippen molar-refractivity contribution in [3.63, 3.8) is 0 Å². The topological polar surface area (TPSA) is 60.4 Å². The van der Waals surface area contributed by atoms with Gasteiger partial charge in [-0.1, -0.05) is 39.3 Å². The molecule has 3 atom stereocenters.